The summed E-state index contributed by atoms with van der Waals surface area (Å²) in [6.07, 6.45) is -3.95. The van der Waals surface area contributed by atoms with Crippen molar-refractivity contribution in [1.29, 1.82) is 0 Å². The van der Waals surface area contributed by atoms with Gasteiger partial charge in [-0.05, 0) is 55.2 Å². The molecule has 20 heteroatoms. The lowest BCUT2D eigenvalue weighted by atomic mass is 9.96. The molecular formula is C27H31F9N4O7. The number of aliphatic carboxylic acids is 3. The molecule has 1 unspecified atom stereocenters. The van der Waals surface area contributed by atoms with Gasteiger partial charge < -0.3 is 20.1 Å². The number of fused-ring (bicyclic) bond motifs is 1. The fraction of sp³-hybridized carbons (Fsp3) is 0.593. The van der Waals surface area contributed by atoms with Crippen LogP contribution in [0.5, 0.6) is 0 Å². The van der Waals surface area contributed by atoms with Gasteiger partial charge in [0.1, 0.15) is 0 Å². The summed E-state index contributed by atoms with van der Waals surface area (Å²) in [6, 6.07) is 4.23. The Balaban J connectivity index is 0.000000301. The van der Waals surface area contributed by atoms with Crippen molar-refractivity contribution in [2.24, 2.45) is 11.8 Å². The Hall–Kier alpha value is -3.94. The highest BCUT2D eigenvalue weighted by atomic mass is 19.4. The fourth-order valence-electron chi connectivity index (χ4n) is 4.08. The Morgan fingerprint density at radius 3 is 1.68 bits per heavy atom. The maximum atomic E-state index is 10.6. The molecule has 0 spiro atoms. The van der Waals surface area contributed by atoms with Crippen molar-refractivity contribution in [3.05, 3.63) is 47.5 Å². The molecule has 0 aromatic carbocycles. The summed E-state index contributed by atoms with van der Waals surface area (Å²) in [5, 5.41) is 26.1. The summed E-state index contributed by atoms with van der Waals surface area (Å²) in [4.78, 5) is 33.4. The van der Waals surface area contributed by atoms with Crippen LogP contribution in [0.4, 0.5) is 39.5 Å². The number of hydrogen-bond donors (Lipinski definition) is 3. The maximum absolute atomic E-state index is 10.6. The maximum Gasteiger partial charge on any atom is 0.490 e. The molecule has 47 heavy (non-hydrogen) atoms. The number of pyridine rings is 1. The Kier molecular flexibility index (Phi) is 14.0. The van der Waals surface area contributed by atoms with E-state index in [1.165, 1.54) is 42.5 Å². The molecule has 2 aromatic rings. The van der Waals surface area contributed by atoms with Gasteiger partial charge in [-0.2, -0.15) is 44.6 Å². The van der Waals surface area contributed by atoms with Gasteiger partial charge in [-0.1, -0.05) is 0 Å². The first-order chi connectivity index (χ1) is 21.7. The van der Waals surface area contributed by atoms with E-state index in [-0.39, 0.29) is 0 Å². The standard InChI is InChI=1S/C21H28N4O.3C2HF3O2/c1-2-16(1)11-25-21-19(9-23-25)12-24(10-17-5-7-22-8-6-17)13-20(21)15-26-14-18-3-4-18;3*3-2(4,5)1(6)7/h5-9,16,18,20H,1-4,10-15H2;3*(H,6,7). The number of alkyl halides is 9. The average Bonchev–Trinajstić information content (AvgIpc) is 3.88. The van der Waals surface area contributed by atoms with Crippen LogP contribution in [0, 0.1) is 11.8 Å². The van der Waals surface area contributed by atoms with Gasteiger partial charge in [0.05, 0.1) is 12.8 Å². The molecule has 0 bridgehead atoms. The molecule has 2 saturated carbocycles. The molecule has 3 heterocycles. The number of nitrogens with zero attached hydrogens (tertiary/aromatic N) is 4. The van der Waals surface area contributed by atoms with Gasteiger partial charge in [0.15, 0.2) is 0 Å². The third-order valence-corrected chi connectivity index (χ3v) is 6.60. The van der Waals surface area contributed by atoms with Gasteiger partial charge in [-0.3, -0.25) is 14.6 Å². The zero-order chi connectivity index (χ0) is 35.6. The van der Waals surface area contributed by atoms with Crippen LogP contribution in [0.3, 0.4) is 0 Å². The number of halogens is 9. The van der Waals surface area contributed by atoms with Crippen molar-refractivity contribution < 1.29 is 74.0 Å². The van der Waals surface area contributed by atoms with Gasteiger partial charge in [-0.15, -0.1) is 0 Å². The van der Waals surface area contributed by atoms with E-state index in [1.807, 2.05) is 12.4 Å². The van der Waals surface area contributed by atoms with Gasteiger partial charge in [0.25, 0.3) is 0 Å². The largest absolute Gasteiger partial charge is 0.490 e. The van der Waals surface area contributed by atoms with Crippen molar-refractivity contribution in [3.8, 4) is 0 Å². The normalized spacial score (nSPS) is 17.9. The lowest BCUT2D eigenvalue weighted by Gasteiger charge is -2.33. The van der Waals surface area contributed by atoms with Crippen molar-refractivity contribution in [1.82, 2.24) is 19.7 Å². The van der Waals surface area contributed by atoms with E-state index in [0.29, 0.717) is 5.92 Å². The summed E-state index contributed by atoms with van der Waals surface area (Å²) < 4.78 is 104. The quantitative estimate of drug-likeness (QED) is 0.318. The molecule has 2 aromatic heterocycles. The van der Waals surface area contributed by atoms with Crippen LogP contribution in [-0.2, 0) is 38.8 Å². The molecule has 2 fully saturated rings. The molecule has 2 aliphatic carbocycles. The summed E-state index contributed by atoms with van der Waals surface area (Å²) in [7, 11) is 0. The lowest BCUT2D eigenvalue weighted by Crippen LogP contribution is -2.36. The van der Waals surface area contributed by atoms with Crippen LogP contribution in [-0.4, -0.2) is 91.2 Å². The lowest BCUT2D eigenvalue weighted by molar-refractivity contribution is -0.193. The van der Waals surface area contributed by atoms with Crippen molar-refractivity contribution in [3.63, 3.8) is 0 Å². The summed E-state index contributed by atoms with van der Waals surface area (Å²) in [6.45, 7) is 5.87. The first-order valence-corrected chi connectivity index (χ1v) is 13.8. The van der Waals surface area contributed by atoms with Gasteiger partial charge in [0, 0.05) is 62.4 Å². The molecular weight excluding hydrogens is 663 g/mol. The third kappa shape index (κ3) is 15.0. The minimum atomic E-state index is -5.08. The molecule has 1 aliphatic heterocycles. The fourth-order valence-corrected chi connectivity index (χ4v) is 4.08. The molecule has 0 radical (unpaired) electrons. The van der Waals surface area contributed by atoms with Crippen molar-refractivity contribution >= 4 is 17.9 Å². The second kappa shape index (κ2) is 16.8. The predicted molar refractivity (Wildman–Crippen MR) is 141 cm³/mol. The topological polar surface area (TPSA) is 155 Å². The molecule has 1 atom stereocenters. The van der Waals surface area contributed by atoms with E-state index < -0.39 is 36.4 Å². The average molecular weight is 695 g/mol. The molecule has 3 N–H and O–H groups in total. The first kappa shape index (κ1) is 39.2. The molecule has 264 valence electrons. The van der Waals surface area contributed by atoms with E-state index in [1.54, 1.807) is 0 Å². The molecule has 0 amide bonds. The first-order valence-electron chi connectivity index (χ1n) is 13.8. The number of aromatic nitrogens is 3. The van der Waals surface area contributed by atoms with Crippen LogP contribution >= 0.6 is 0 Å². The number of ether oxygens (including phenoxy) is 1. The highest BCUT2D eigenvalue weighted by molar-refractivity contribution is 5.73. The number of carboxylic acid groups (broad SMARTS) is 3. The second-order valence-corrected chi connectivity index (χ2v) is 10.8. The number of carbonyl (C=O) groups is 3. The zero-order valence-corrected chi connectivity index (χ0v) is 24.4. The van der Waals surface area contributed by atoms with Gasteiger partial charge in [-0.25, -0.2) is 14.4 Å². The number of rotatable bonds is 8. The van der Waals surface area contributed by atoms with E-state index in [4.69, 9.17) is 39.5 Å². The van der Waals surface area contributed by atoms with Crippen molar-refractivity contribution in [2.75, 3.05) is 19.8 Å². The van der Waals surface area contributed by atoms with Gasteiger partial charge >= 0.3 is 36.4 Å². The van der Waals surface area contributed by atoms with Gasteiger partial charge in [0.2, 0.25) is 0 Å². The Morgan fingerprint density at radius 1 is 0.787 bits per heavy atom. The van der Waals surface area contributed by atoms with Crippen LogP contribution in [0.2, 0.25) is 0 Å². The molecule has 3 aliphatic rings. The van der Waals surface area contributed by atoms with E-state index in [2.05, 4.69) is 32.9 Å². The van der Waals surface area contributed by atoms with Crippen LogP contribution in [0.25, 0.3) is 0 Å². The van der Waals surface area contributed by atoms with Crippen LogP contribution in [0.15, 0.2) is 30.7 Å². The second-order valence-electron chi connectivity index (χ2n) is 10.8. The third-order valence-electron chi connectivity index (χ3n) is 6.60. The van der Waals surface area contributed by atoms with Crippen molar-refractivity contribution in [2.45, 2.75) is 69.8 Å². The highest BCUT2D eigenvalue weighted by Gasteiger charge is 2.39. The summed E-state index contributed by atoms with van der Waals surface area (Å²) in [5.74, 6) is -6.17. The summed E-state index contributed by atoms with van der Waals surface area (Å²) in [5.41, 5.74) is 4.16. The molecule has 5 rings (SSSR count). The van der Waals surface area contributed by atoms with E-state index in [0.717, 1.165) is 51.2 Å². The Bertz CT molecular complexity index is 1250. The minimum absolute atomic E-state index is 0.431. The van der Waals surface area contributed by atoms with Crippen LogP contribution in [0.1, 0.15) is 48.4 Å². The zero-order valence-electron chi connectivity index (χ0n) is 24.4. The van der Waals surface area contributed by atoms with E-state index in [9.17, 15) is 39.5 Å². The smallest absolute Gasteiger partial charge is 0.475 e. The SMILES string of the molecule is O=C(O)C(F)(F)F.O=C(O)C(F)(F)F.O=C(O)C(F)(F)F.c1cc(CN2Cc3cnn(CC4CC4)c3C(COCC3CC3)C2)ccn1. The number of carboxylic acids is 3. The molecule has 0 saturated heterocycles. The Morgan fingerprint density at radius 2 is 1.26 bits per heavy atom. The Labute approximate surface area is 260 Å². The minimum Gasteiger partial charge on any atom is -0.475 e. The van der Waals surface area contributed by atoms with Crippen LogP contribution < -0.4 is 0 Å². The monoisotopic (exact) mass is 694 g/mol. The molecule has 11 nitrogen and oxygen atoms in total. The number of hydrogen-bond acceptors (Lipinski definition) is 7. The summed E-state index contributed by atoms with van der Waals surface area (Å²) >= 11 is 0. The highest BCUT2D eigenvalue weighted by Crippen LogP contribution is 2.35. The predicted octanol–water partition coefficient (Wildman–Crippen LogP) is 5.11. The van der Waals surface area contributed by atoms with E-state index >= 15 is 0 Å².